The third-order valence-electron chi connectivity index (χ3n) is 4.32. The van der Waals surface area contributed by atoms with Crippen LogP contribution in [-0.4, -0.2) is 9.66 Å². The predicted octanol–water partition coefficient (Wildman–Crippen LogP) is 2.66. The molecule has 0 fully saturated rings. The Bertz CT molecular complexity index is 914. The Morgan fingerprint density at radius 2 is 2.00 bits per heavy atom. The van der Waals surface area contributed by atoms with E-state index in [9.17, 15) is 4.79 Å². The Morgan fingerprint density at radius 3 is 2.83 bits per heavy atom. The molecule has 0 amide bonds. The summed E-state index contributed by atoms with van der Waals surface area (Å²) in [5, 5.41) is 3.99. The van der Waals surface area contributed by atoms with Crippen LogP contribution in [0.1, 0.15) is 29.1 Å². The first-order valence-corrected chi connectivity index (χ1v) is 8.66. The SMILES string of the molecule is Nn1c(CNc2ccccc2)nc2sc3c(c2c1=O)CCCC3. The van der Waals surface area contributed by atoms with Crippen molar-refractivity contribution in [3.63, 3.8) is 0 Å². The van der Waals surface area contributed by atoms with Crippen molar-refractivity contribution in [2.75, 3.05) is 11.2 Å². The normalized spacial score (nSPS) is 13.9. The zero-order valence-corrected chi connectivity index (χ0v) is 13.5. The largest absolute Gasteiger partial charge is 0.378 e. The maximum Gasteiger partial charge on any atom is 0.281 e. The minimum atomic E-state index is -0.126. The highest BCUT2D eigenvalue weighted by atomic mass is 32.1. The van der Waals surface area contributed by atoms with E-state index in [2.05, 4.69) is 10.3 Å². The monoisotopic (exact) mass is 326 g/mol. The summed E-state index contributed by atoms with van der Waals surface area (Å²) in [5.41, 5.74) is 2.03. The molecule has 23 heavy (non-hydrogen) atoms. The van der Waals surface area contributed by atoms with Crippen molar-refractivity contribution in [2.24, 2.45) is 0 Å². The van der Waals surface area contributed by atoms with Crippen LogP contribution >= 0.6 is 11.3 Å². The zero-order valence-electron chi connectivity index (χ0n) is 12.7. The lowest BCUT2D eigenvalue weighted by Crippen LogP contribution is -2.32. The van der Waals surface area contributed by atoms with E-state index in [1.807, 2.05) is 30.3 Å². The molecule has 0 unspecified atom stereocenters. The van der Waals surface area contributed by atoms with Crippen molar-refractivity contribution in [3.8, 4) is 0 Å². The van der Waals surface area contributed by atoms with Crippen molar-refractivity contribution in [1.29, 1.82) is 0 Å². The average molecular weight is 326 g/mol. The summed E-state index contributed by atoms with van der Waals surface area (Å²) in [5.74, 6) is 6.57. The molecule has 6 heteroatoms. The highest BCUT2D eigenvalue weighted by molar-refractivity contribution is 7.18. The molecule has 2 heterocycles. The third kappa shape index (κ3) is 2.49. The maximum absolute atomic E-state index is 12.7. The molecule has 0 spiro atoms. The Morgan fingerprint density at radius 1 is 1.22 bits per heavy atom. The maximum atomic E-state index is 12.7. The number of nitrogens with two attached hydrogens (primary N) is 1. The van der Waals surface area contributed by atoms with E-state index in [1.54, 1.807) is 11.3 Å². The van der Waals surface area contributed by atoms with Crippen molar-refractivity contribution in [1.82, 2.24) is 9.66 Å². The van der Waals surface area contributed by atoms with Crippen molar-refractivity contribution in [2.45, 2.75) is 32.2 Å². The van der Waals surface area contributed by atoms with Gasteiger partial charge in [-0.3, -0.25) is 4.79 Å². The molecule has 0 saturated heterocycles. The Balaban J connectivity index is 1.73. The van der Waals surface area contributed by atoms with Crippen LogP contribution in [0.2, 0.25) is 0 Å². The molecule has 3 aromatic rings. The lowest BCUT2D eigenvalue weighted by Gasteiger charge is -2.11. The molecule has 2 aromatic heterocycles. The lowest BCUT2D eigenvalue weighted by atomic mass is 9.97. The molecule has 0 aliphatic heterocycles. The fourth-order valence-electron chi connectivity index (χ4n) is 3.12. The summed E-state index contributed by atoms with van der Waals surface area (Å²) in [6.45, 7) is 0.425. The molecule has 4 rings (SSSR count). The van der Waals surface area contributed by atoms with Gasteiger partial charge in [-0.15, -0.1) is 11.3 Å². The average Bonchev–Trinajstić information content (AvgIpc) is 2.96. The van der Waals surface area contributed by atoms with Gasteiger partial charge in [0.25, 0.3) is 5.56 Å². The van der Waals surface area contributed by atoms with Crippen molar-refractivity contribution < 1.29 is 0 Å². The molecule has 0 atom stereocenters. The second-order valence-electron chi connectivity index (χ2n) is 5.81. The van der Waals surface area contributed by atoms with E-state index in [0.29, 0.717) is 12.4 Å². The third-order valence-corrected chi connectivity index (χ3v) is 5.50. The quantitative estimate of drug-likeness (QED) is 0.726. The number of nitrogens with zero attached hydrogens (tertiary/aromatic N) is 2. The molecule has 1 aromatic carbocycles. The summed E-state index contributed by atoms with van der Waals surface area (Å²) in [7, 11) is 0. The summed E-state index contributed by atoms with van der Waals surface area (Å²) in [6.07, 6.45) is 4.35. The van der Waals surface area contributed by atoms with E-state index in [4.69, 9.17) is 5.84 Å². The number of nitrogens with one attached hydrogen (secondary N) is 1. The van der Waals surface area contributed by atoms with Gasteiger partial charge < -0.3 is 11.2 Å². The van der Waals surface area contributed by atoms with Gasteiger partial charge in [-0.1, -0.05) is 18.2 Å². The summed E-state index contributed by atoms with van der Waals surface area (Å²) < 4.78 is 1.19. The lowest BCUT2D eigenvalue weighted by molar-refractivity contribution is 0.699. The van der Waals surface area contributed by atoms with Gasteiger partial charge in [-0.25, -0.2) is 9.66 Å². The molecule has 0 radical (unpaired) electrons. The number of benzene rings is 1. The number of hydrogen-bond donors (Lipinski definition) is 2. The molecule has 3 N–H and O–H groups in total. The first-order chi connectivity index (χ1) is 11.2. The van der Waals surface area contributed by atoms with Crippen LogP contribution in [0, 0.1) is 0 Å². The van der Waals surface area contributed by atoms with Crippen molar-refractivity contribution in [3.05, 3.63) is 57.0 Å². The van der Waals surface area contributed by atoms with Gasteiger partial charge in [0.15, 0.2) is 5.82 Å². The van der Waals surface area contributed by atoms with Gasteiger partial charge in [0.2, 0.25) is 0 Å². The predicted molar refractivity (Wildman–Crippen MR) is 94.4 cm³/mol. The van der Waals surface area contributed by atoms with E-state index >= 15 is 0 Å². The van der Waals surface area contributed by atoms with Crippen LogP contribution in [0.4, 0.5) is 5.69 Å². The standard InChI is InChI=1S/C17H18N4OS/c18-21-14(10-19-11-6-2-1-3-7-11)20-16-15(17(21)22)12-8-4-5-9-13(12)23-16/h1-3,6-7,19H,4-5,8-10,18H2. The first kappa shape index (κ1) is 14.3. The molecular formula is C17H18N4OS. The number of aromatic nitrogens is 2. The number of fused-ring (bicyclic) bond motifs is 3. The number of rotatable bonds is 3. The van der Waals surface area contributed by atoms with Crippen LogP contribution in [0.5, 0.6) is 0 Å². The van der Waals surface area contributed by atoms with E-state index < -0.39 is 0 Å². The second kappa shape index (κ2) is 5.70. The first-order valence-electron chi connectivity index (χ1n) is 7.84. The minimum Gasteiger partial charge on any atom is -0.378 e. The molecule has 1 aliphatic carbocycles. The number of anilines is 1. The summed E-state index contributed by atoms with van der Waals surface area (Å²) in [4.78, 5) is 19.5. The molecule has 0 bridgehead atoms. The Hall–Kier alpha value is -2.34. The number of thiophene rings is 1. The van der Waals surface area contributed by atoms with Gasteiger partial charge in [-0.2, -0.15) is 0 Å². The molecular weight excluding hydrogens is 308 g/mol. The molecule has 1 aliphatic rings. The minimum absolute atomic E-state index is 0.126. The van der Waals surface area contributed by atoms with E-state index in [-0.39, 0.29) is 5.56 Å². The van der Waals surface area contributed by atoms with Gasteiger partial charge in [0.1, 0.15) is 4.83 Å². The number of para-hydroxylation sites is 1. The van der Waals surface area contributed by atoms with E-state index in [0.717, 1.165) is 35.2 Å². The smallest absolute Gasteiger partial charge is 0.281 e. The topological polar surface area (TPSA) is 72.9 Å². The molecule has 0 saturated carbocycles. The van der Waals surface area contributed by atoms with Gasteiger partial charge in [-0.05, 0) is 43.4 Å². The zero-order chi connectivity index (χ0) is 15.8. The second-order valence-corrected chi connectivity index (χ2v) is 6.90. The molecule has 5 nitrogen and oxygen atoms in total. The molecule has 118 valence electrons. The van der Waals surface area contributed by atoms with Crippen LogP contribution in [0.15, 0.2) is 35.1 Å². The Labute approximate surface area is 137 Å². The van der Waals surface area contributed by atoms with Crippen LogP contribution in [-0.2, 0) is 19.4 Å². The van der Waals surface area contributed by atoms with Gasteiger partial charge >= 0.3 is 0 Å². The Kier molecular flexibility index (Phi) is 3.53. The highest BCUT2D eigenvalue weighted by Gasteiger charge is 2.21. The van der Waals surface area contributed by atoms with Crippen LogP contribution in [0.25, 0.3) is 10.2 Å². The van der Waals surface area contributed by atoms with Crippen molar-refractivity contribution >= 4 is 27.2 Å². The van der Waals surface area contributed by atoms with Crippen LogP contribution in [0.3, 0.4) is 0 Å². The van der Waals surface area contributed by atoms with Gasteiger partial charge in [0, 0.05) is 10.6 Å². The fourth-order valence-corrected chi connectivity index (χ4v) is 4.39. The summed E-state index contributed by atoms with van der Waals surface area (Å²) >= 11 is 1.65. The van der Waals surface area contributed by atoms with Gasteiger partial charge in [0.05, 0.1) is 11.9 Å². The number of nitrogen functional groups attached to an aromatic ring is 1. The summed E-state index contributed by atoms with van der Waals surface area (Å²) in [6, 6.07) is 9.83. The highest BCUT2D eigenvalue weighted by Crippen LogP contribution is 2.33. The number of aryl methyl sites for hydroxylation is 2. The number of hydrogen-bond acceptors (Lipinski definition) is 5. The van der Waals surface area contributed by atoms with E-state index in [1.165, 1.54) is 21.5 Å². The van der Waals surface area contributed by atoms with Crippen LogP contribution < -0.4 is 16.7 Å². The fraction of sp³-hybridized carbons (Fsp3) is 0.294.